The Morgan fingerprint density at radius 3 is 2.05 bits per heavy atom. The maximum absolute atomic E-state index is 4.58. The molecule has 0 heterocycles. The standard InChI is InChI=1S/C18H21NS/c1-18(2,20-14-17-11-7-4-8-12-17)15-19-13-16-9-5-3-6-10-16/h3-12,15H,13-14H2,1-2H3/b19-15-. The number of benzene rings is 2. The van der Waals surface area contributed by atoms with Gasteiger partial charge in [0, 0.05) is 16.7 Å². The molecule has 0 spiro atoms. The van der Waals surface area contributed by atoms with Crippen molar-refractivity contribution in [1.82, 2.24) is 0 Å². The molecule has 0 unspecified atom stereocenters. The van der Waals surface area contributed by atoms with Crippen molar-refractivity contribution in [2.24, 2.45) is 4.99 Å². The highest BCUT2D eigenvalue weighted by atomic mass is 32.2. The number of aliphatic imine (C=N–C) groups is 1. The first-order valence-corrected chi connectivity index (χ1v) is 7.87. The summed E-state index contributed by atoms with van der Waals surface area (Å²) in [6.45, 7) is 5.19. The topological polar surface area (TPSA) is 12.4 Å². The second-order valence-electron chi connectivity index (χ2n) is 5.33. The number of hydrogen-bond acceptors (Lipinski definition) is 2. The van der Waals surface area contributed by atoms with Crippen LogP contribution < -0.4 is 0 Å². The van der Waals surface area contributed by atoms with E-state index >= 15 is 0 Å². The molecule has 0 saturated carbocycles. The predicted molar refractivity (Wildman–Crippen MR) is 90.5 cm³/mol. The van der Waals surface area contributed by atoms with Gasteiger partial charge in [0.1, 0.15) is 0 Å². The first kappa shape index (κ1) is 14.9. The summed E-state index contributed by atoms with van der Waals surface area (Å²) in [6, 6.07) is 20.9. The normalized spacial score (nSPS) is 11.9. The minimum atomic E-state index is 0.0601. The fraction of sp³-hybridized carbons (Fsp3) is 0.278. The van der Waals surface area contributed by atoms with Gasteiger partial charge in [0.25, 0.3) is 0 Å². The van der Waals surface area contributed by atoms with Crippen molar-refractivity contribution in [1.29, 1.82) is 0 Å². The van der Waals surface area contributed by atoms with Crippen LogP contribution in [0.2, 0.25) is 0 Å². The number of thioether (sulfide) groups is 1. The van der Waals surface area contributed by atoms with E-state index in [1.807, 2.05) is 17.8 Å². The molecule has 0 aliphatic carbocycles. The lowest BCUT2D eigenvalue weighted by atomic mass is 10.2. The molecule has 2 rings (SSSR count). The van der Waals surface area contributed by atoms with Crippen molar-refractivity contribution >= 4 is 18.0 Å². The van der Waals surface area contributed by atoms with Crippen molar-refractivity contribution in [2.45, 2.75) is 30.9 Å². The van der Waals surface area contributed by atoms with E-state index in [4.69, 9.17) is 0 Å². The second-order valence-corrected chi connectivity index (χ2v) is 6.96. The Morgan fingerprint density at radius 1 is 0.900 bits per heavy atom. The predicted octanol–water partition coefficient (Wildman–Crippen LogP) is 4.97. The van der Waals surface area contributed by atoms with Crippen molar-refractivity contribution in [2.75, 3.05) is 0 Å². The van der Waals surface area contributed by atoms with Gasteiger partial charge in [0.2, 0.25) is 0 Å². The Balaban J connectivity index is 1.84. The summed E-state index contributed by atoms with van der Waals surface area (Å²) >= 11 is 1.92. The minimum absolute atomic E-state index is 0.0601. The molecule has 2 aromatic rings. The molecule has 0 bridgehead atoms. The summed E-state index contributed by atoms with van der Waals surface area (Å²) < 4.78 is 0.0601. The van der Waals surface area contributed by atoms with Crippen LogP contribution in [0.25, 0.3) is 0 Å². The lowest BCUT2D eigenvalue weighted by Crippen LogP contribution is -2.16. The highest BCUT2D eigenvalue weighted by Gasteiger charge is 2.15. The molecule has 104 valence electrons. The van der Waals surface area contributed by atoms with E-state index in [-0.39, 0.29) is 4.75 Å². The van der Waals surface area contributed by atoms with Gasteiger partial charge in [-0.05, 0) is 25.0 Å². The number of nitrogens with zero attached hydrogens (tertiary/aromatic N) is 1. The van der Waals surface area contributed by atoms with Crippen molar-refractivity contribution in [3.05, 3.63) is 71.8 Å². The third-order valence-electron chi connectivity index (χ3n) is 2.97. The molecule has 0 fully saturated rings. The van der Waals surface area contributed by atoms with Crippen LogP contribution in [0, 0.1) is 0 Å². The Hall–Kier alpha value is -1.54. The molecular weight excluding hydrogens is 262 g/mol. The van der Waals surface area contributed by atoms with Gasteiger partial charge in [-0.25, -0.2) is 0 Å². The zero-order chi connectivity index (χ0) is 14.3. The van der Waals surface area contributed by atoms with E-state index in [2.05, 4.69) is 79.7 Å². The molecule has 0 aromatic heterocycles. The fourth-order valence-electron chi connectivity index (χ4n) is 1.84. The lowest BCUT2D eigenvalue weighted by molar-refractivity contribution is 0.946. The van der Waals surface area contributed by atoms with Gasteiger partial charge in [-0.2, -0.15) is 0 Å². The summed E-state index contributed by atoms with van der Waals surface area (Å²) in [5.74, 6) is 1.02. The molecule has 0 amide bonds. The van der Waals surface area contributed by atoms with E-state index in [1.165, 1.54) is 11.1 Å². The van der Waals surface area contributed by atoms with Crippen molar-refractivity contribution in [3.8, 4) is 0 Å². The van der Waals surface area contributed by atoms with Gasteiger partial charge < -0.3 is 0 Å². The quantitative estimate of drug-likeness (QED) is 0.682. The van der Waals surface area contributed by atoms with Crippen molar-refractivity contribution in [3.63, 3.8) is 0 Å². The molecule has 0 aliphatic rings. The molecular formula is C18H21NS. The Kier molecular flexibility index (Phi) is 5.42. The Labute approximate surface area is 126 Å². The van der Waals surface area contributed by atoms with Crippen molar-refractivity contribution < 1.29 is 0 Å². The van der Waals surface area contributed by atoms with Crippen LogP contribution in [-0.4, -0.2) is 11.0 Å². The molecule has 20 heavy (non-hydrogen) atoms. The van der Waals surface area contributed by atoms with Crippen LogP contribution >= 0.6 is 11.8 Å². The smallest absolute Gasteiger partial charge is 0.0636 e. The zero-order valence-corrected chi connectivity index (χ0v) is 12.9. The largest absolute Gasteiger partial charge is 0.291 e. The van der Waals surface area contributed by atoms with E-state index in [1.54, 1.807) is 0 Å². The summed E-state index contributed by atoms with van der Waals surface area (Å²) in [5.41, 5.74) is 2.62. The summed E-state index contributed by atoms with van der Waals surface area (Å²) in [4.78, 5) is 4.58. The molecule has 2 aromatic carbocycles. The first-order chi connectivity index (χ1) is 9.66. The average Bonchev–Trinajstić information content (AvgIpc) is 2.47. The van der Waals surface area contributed by atoms with Gasteiger partial charge in [0.15, 0.2) is 0 Å². The van der Waals surface area contributed by atoms with Gasteiger partial charge >= 0.3 is 0 Å². The molecule has 0 radical (unpaired) electrons. The van der Waals surface area contributed by atoms with Crippen LogP contribution in [0.1, 0.15) is 25.0 Å². The van der Waals surface area contributed by atoms with Crippen LogP contribution in [0.15, 0.2) is 65.7 Å². The van der Waals surface area contributed by atoms with Crippen LogP contribution in [-0.2, 0) is 12.3 Å². The van der Waals surface area contributed by atoms with Gasteiger partial charge in [-0.3, -0.25) is 4.99 Å². The summed E-state index contributed by atoms with van der Waals surface area (Å²) in [7, 11) is 0. The summed E-state index contributed by atoms with van der Waals surface area (Å²) in [5, 5.41) is 0. The molecule has 0 aliphatic heterocycles. The van der Waals surface area contributed by atoms with E-state index in [9.17, 15) is 0 Å². The second kappa shape index (κ2) is 7.30. The number of rotatable bonds is 6. The molecule has 2 heteroatoms. The maximum Gasteiger partial charge on any atom is 0.0636 e. The van der Waals surface area contributed by atoms with E-state index in [0.29, 0.717) is 0 Å². The van der Waals surface area contributed by atoms with Gasteiger partial charge in [0.05, 0.1) is 6.54 Å². The third kappa shape index (κ3) is 5.22. The van der Waals surface area contributed by atoms with E-state index < -0.39 is 0 Å². The van der Waals surface area contributed by atoms with Gasteiger partial charge in [-0.15, -0.1) is 11.8 Å². The van der Waals surface area contributed by atoms with Crippen LogP contribution in [0.4, 0.5) is 0 Å². The molecule has 0 atom stereocenters. The number of hydrogen-bond donors (Lipinski definition) is 0. The highest BCUT2D eigenvalue weighted by Crippen LogP contribution is 2.26. The third-order valence-corrected chi connectivity index (χ3v) is 4.30. The summed E-state index contributed by atoms with van der Waals surface area (Å²) in [6.07, 6.45) is 2.08. The Morgan fingerprint density at radius 2 is 1.45 bits per heavy atom. The Bertz CT molecular complexity index is 532. The average molecular weight is 283 g/mol. The minimum Gasteiger partial charge on any atom is -0.291 e. The fourth-order valence-corrected chi connectivity index (χ4v) is 2.72. The lowest BCUT2D eigenvalue weighted by Gasteiger charge is -2.18. The maximum atomic E-state index is 4.58. The molecule has 0 saturated heterocycles. The molecule has 1 nitrogen and oxygen atoms in total. The first-order valence-electron chi connectivity index (χ1n) is 6.88. The van der Waals surface area contributed by atoms with Gasteiger partial charge in [-0.1, -0.05) is 60.7 Å². The zero-order valence-electron chi connectivity index (χ0n) is 12.1. The van der Waals surface area contributed by atoms with Crippen LogP contribution in [0.3, 0.4) is 0 Å². The monoisotopic (exact) mass is 283 g/mol. The van der Waals surface area contributed by atoms with E-state index in [0.717, 1.165) is 12.3 Å². The SMILES string of the molecule is CC(C)(/C=N\Cc1ccccc1)SCc1ccccc1. The molecule has 0 N–H and O–H groups in total. The highest BCUT2D eigenvalue weighted by molar-refractivity contribution is 8.00. The van der Waals surface area contributed by atoms with Crippen LogP contribution in [0.5, 0.6) is 0 Å².